The van der Waals surface area contributed by atoms with Gasteiger partial charge in [-0.25, -0.2) is 0 Å². The number of pyridine rings is 1. The minimum atomic E-state index is 0.514. The second-order valence-electron chi connectivity index (χ2n) is 4.91. The largest absolute Gasteiger partial charge is 0.487 e. The Morgan fingerprint density at radius 2 is 1.95 bits per heavy atom. The Kier molecular flexibility index (Phi) is 3.75. The van der Waals surface area contributed by atoms with Gasteiger partial charge in [0.05, 0.1) is 5.69 Å². The van der Waals surface area contributed by atoms with Crippen molar-refractivity contribution in [3.8, 4) is 5.75 Å². The molecule has 1 N–H and O–H groups in total. The van der Waals surface area contributed by atoms with Crippen molar-refractivity contribution in [2.75, 3.05) is 0 Å². The van der Waals surface area contributed by atoms with Crippen molar-refractivity contribution in [1.29, 1.82) is 0 Å². The maximum Gasteiger partial charge on any atom is 0.130 e. The number of hydrogen-bond acceptors (Lipinski definition) is 3. The van der Waals surface area contributed by atoms with E-state index in [9.17, 15) is 0 Å². The molecule has 3 nitrogen and oxygen atoms in total. The number of nitrogens with zero attached hydrogens (tertiary/aromatic N) is 1. The fraction of sp³-hybridized carbons (Fsp3) is 0.312. The summed E-state index contributed by atoms with van der Waals surface area (Å²) in [5, 5.41) is 3.50. The number of hydrogen-bond donors (Lipinski definition) is 1. The first-order chi connectivity index (χ1) is 9.40. The second-order valence-corrected chi connectivity index (χ2v) is 4.91. The maximum absolute atomic E-state index is 5.70. The first-order valence-electron chi connectivity index (χ1n) is 6.75. The number of rotatable bonds is 6. The van der Waals surface area contributed by atoms with Crippen LogP contribution in [0.4, 0.5) is 0 Å². The van der Waals surface area contributed by atoms with Crippen LogP contribution in [0.15, 0.2) is 48.7 Å². The van der Waals surface area contributed by atoms with Gasteiger partial charge in [-0.05, 0) is 42.7 Å². The summed E-state index contributed by atoms with van der Waals surface area (Å²) in [6.07, 6.45) is 4.43. The van der Waals surface area contributed by atoms with Crippen LogP contribution in [0.1, 0.15) is 24.1 Å². The summed E-state index contributed by atoms with van der Waals surface area (Å²) in [5.41, 5.74) is 2.25. The molecule has 1 aromatic heterocycles. The Morgan fingerprint density at radius 3 is 2.63 bits per heavy atom. The molecule has 3 rings (SSSR count). The van der Waals surface area contributed by atoms with Gasteiger partial charge in [0.1, 0.15) is 12.4 Å². The molecule has 0 saturated heterocycles. The highest BCUT2D eigenvalue weighted by Crippen LogP contribution is 2.20. The van der Waals surface area contributed by atoms with Crippen molar-refractivity contribution in [2.24, 2.45) is 0 Å². The summed E-state index contributed by atoms with van der Waals surface area (Å²) in [5.74, 6) is 0.890. The molecule has 0 unspecified atom stereocenters. The van der Waals surface area contributed by atoms with Crippen molar-refractivity contribution in [3.63, 3.8) is 0 Å². The first kappa shape index (κ1) is 12.2. The molecule has 3 heteroatoms. The highest BCUT2D eigenvalue weighted by atomic mass is 16.5. The number of ether oxygens (including phenoxy) is 1. The lowest BCUT2D eigenvalue weighted by molar-refractivity contribution is 0.301. The molecule has 1 heterocycles. The Bertz CT molecular complexity index is 506. The molecule has 2 aromatic rings. The van der Waals surface area contributed by atoms with Gasteiger partial charge in [-0.3, -0.25) is 4.98 Å². The zero-order valence-electron chi connectivity index (χ0n) is 10.9. The lowest BCUT2D eigenvalue weighted by atomic mass is 10.2. The van der Waals surface area contributed by atoms with E-state index in [0.717, 1.165) is 24.0 Å². The lowest BCUT2D eigenvalue weighted by Crippen LogP contribution is -2.15. The Morgan fingerprint density at radius 1 is 1.11 bits per heavy atom. The summed E-state index contributed by atoms with van der Waals surface area (Å²) in [6, 6.07) is 14.9. The SMILES string of the molecule is c1ccc(COc2ccc(CNC3CC3)cc2)nc1. The molecule has 1 aromatic carbocycles. The molecule has 0 radical (unpaired) electrons. The second kappa shape index (κ2) is 5.85. The van der Waals surface area contributed by atoms with E-state index in [1.54, 1.807) is 6.20 Å². The van der Waals surface area contributed by atoms with Crippen LogP contribution in [-0.2, 0) is 13.2 Å². The predicted octanol–water partition coefficient (Wildman–Crippen LogP) is 2.91. The Hall–Kier alpha value is -1.87. The Balaban J connectivity index is 1.50. The number of nitrogens with one attached hydrogen (secondary N) is 1. The van der Waals surface area contributed by atoms with Gasteiger partial charge < -0.3 is 10.1 Å². The normalized spacial score (nSPS) is 14.3. The summed E-state index contributed by atoms with van der Waals surface area (Å²) >= 11 is 0. The van der Waals surface area contributed by atoms with E-state index in [1.165, 1.54) is 18.4 Å². The third-order valence-electron chi connectivity index (χ3n) is 3.21. The monoisotopic (exact) mass is 254 g/mol. The molecule has 0 aliphatic heterocycles. The van der Waals surface area contributed by atoms with Crippen molar-refractivity contribution in [2.45, 2.75) is 32.0 Å². The van der Waals surface area contributed by atoms with E-state index in [0.29, 0.717) is 6.61 Å². The van der Waals surface area contributed by atoms with Gasteiger partial charge in [-0.15, -0.1) is 0 Å². The van der Waals surface area contributed by atoms with Crippen LogP contribution in [0.3, 0.4) is 0 Å². The molecule has 0 atom stereocenters. The highest BCUT2D eigenvalue weighted by Gasteiger charge is 2.19. The molecule has 1 fully saturated rings. The van der Waals surface area contributed by atoms with Crippen LogP contribution < -0.4 is 10.1 Å². The van der Waals surface area contributed by atoms with E-state index in [1.807, 2.05) is 30.3 Å². The maximum atomic E-state index is 5.70. The molecular weight excluding hydrogens is 236 g/mol. The molecule has 1 saturated carbocycles. The van der Waals surface area contributed by atoms with Crippen LogP contribution in [0, 0.1) is 0 Å². The van der Waals surface area contributed by atoms with Crippen LogP contribution in [0.5, 0.6) is 5.75 Å². The molecule has 1 aliphatic carbocycles. The van der Waals surface area contributed by atoms with Crippen LogP contribution in [-0.4, -0.2) is 11.0 Å². The van der Waals surface area contributed by atoms with Crippen molar-refractivity contribution < 1.29 is 4.74 Å². The Labute approximate surface area is 113 Å². The molecular formula is C16H18N2O. The standard InChI is InChI=1S/C16H18N2O/c1-2-10-17-15(3-1)12-19-16-8-4-13(5-9-16)11-18-14-6-7-14/h1-5,8-10,14,18H,6-7,11-12H2. The fourth-order valence-corrected chi connectivity index (χ4v) is 1.89. The third-order valence-corrected chi connectivity index (χ3v) is 3.21. The molecule has 0 amide bonds. The quantitative estimate of drug-likeness (QED) is 0.860. The van der Waals surface area contributed by atoms with E-state index in [2.05, 4.69) is 22.4 Å². The van der Waals surface area contributed by atoms with E-state index in [4.69, 9.17) is 4.74 Å². The average Bonchev–Trinajstić information content (AvgIpc) is 3.29. The van der Waals surface area contributed by atoms with E-state index < -0.39 is 0 Å². The van der Waals surface area contributed by atoms with E-state index >= 15 is 0 Å². The van der Waals surface area contributed by atoms with Crippen LogP contribution in [0.25, 0.3) is 0 Å². The van der Waals surface area contributed by atoms with Gasteiger partial charge in [0.2, 0.25) is 0 Å². The zero-order chi connectivity index (χ0) is 12.9. The molecule has 19 heavy (non-hydrogen) atoms. The van der Waals surface area contributed by atoms with Crippen LogP contribution in [0.2, 0.25) is 0 Å². The smallest absolute Gasteiger partial charge is 0.130 e. The van der Waals surface area contributed by atoms with Gasteiger partial charge in [0.25, 0.3) is 0 Å². The predicted molar refractivity (Wildman–Crippen MR) is 74.9 cm³/mol. The summed E-state index contributed by atoms with van der Waals surface area (Å²) in [4.78, 5) is 4.23. The number of aromatic nitrogens is 1. The minimum Gasteiger partial charge on any atom is -0.487 e. The van der Waals surface area contributed by atoms with Gasteiger partial charge in [-0.1, -0.05) is 18.2 Å². The number of benzene rings is 1. The van der Waals surface area contributed by atoms with Crippen molar-refractivity contribution >= 4 is 0 Å². The summed E-state index contributed by atoms with van der Waals surface area (Å²) in [7, 11) is 0. The van der Waals surface area contributed by atoms with Gasteiger partial charge in [-0.2, -0.15) is 0 Å². The van der Waals surface area contributed by atoms with Gasteiger partial charge >= 0.3 is 0 Å². The highest BCUT2D eigenvalue weighted by molar-refractivity contribution is 5.27. The zero-order valence-corrected chi connectivity index (χ0v) is 10.9. The van der Waals surface area contributed by atoms with Crippen molar-refractivity contribution in [1.82, 2.24) is 10.3 Å². The molecule has 0 bridgehead atoms. The first-order valence-corrected chi connectivity index (χ1v) is 6.75. The molecule has 98 valence electrons. The van der Waals surface area contributed by atoms with Crippen molar-refractivity contribution in [3.05, 3.63) is 59.9 Å². The van der Waals surface area contributed by atoms with Gasteiger partial charge in [0.15, 0.2) is 0 Å². The topological polar surface area (TPSA) is 34.1 Å². The average molecular weight is 254 g/mol. The third kappa shape index (κ3) is 3.80. The van der Waals surface area contributed by atoms with E-state index in [-0.39, 0.29) is 0 Å². The summed E-state index contributed by atoms with van der Waals surface area (Å²) in [6.45, 7) is 1.46. The summed E-state index contributed by atoms with van der Waals surface area (Å²) < 4.78 is 5.70. The lowest BCUT2D eigenvalue weighted by Gasteiger charge is -2.07. The van der Waals surface area contributed by atoms with Gasteiger partial charge in [0, 0.05) is 18.8 Å². The molecule has 0 spiro atoms. The van der Waals surface area contributed by atoms with Crippen LogP contribution >= 0.6 is 0 Å². The minimum absolute atomic E-state index is 0.514. The fourth-order valence-electron chi connectivity index (χ4n) is 1.89. The molecule has 1 aliphatic rings.